The number of nitrogen functional groups attached to an aromatic ring is 1. The van der Waals surface area contributed by atoms with Crippen molar-refractivity contribution in [2.45, 2.75) is 25.8 Å². The summed E-state index contributed by atoms with van der Waals surface area (Å²) in [6.45, 7) is 4.21. The maximum Gasteiger partial charge on any atom is 0.226 e. The average Bonchev–Trinajstić information content (AvgIpc) is 3.01. The third kappa shape index (κ3) is 3.63. The van der Waals surface area contributed by atoms with Crippen LogP contribution in [-0.4, -0.2) is 23.3 Å². The number of hydrogen-bond donors (Lipinski definition) is 3. The Balaban J connectivity index is 1.80. The normalized spacial score (nSPS) is 17.2. The lowest BCUT2D eigenvalue weighted by molar-refractivity contribution is -0.127. The predicted molar refractivity (Wildman–Crippen MR) is 96.4 cm³/mol. The number of carbonyl (C=O) groups is 2. The van der Waals surface area contributed by atoms with Crippen LogP contribution in [0.2, 0.25) is 0 Å². The second-order valence-corrected chi connectivity index (χ2v) is 6.86. The van der Waals surface area contributed by atoms with Crippen molar-refractivity contribution >= 4 is 17.5 Å². The molecule has 3 rings (SSSR count). The predicted octanol–water partition coefficient (Wildman–Crippen LogP) is 1.82. The number of hydrogen-bond acceptors (Lipinski definition) is 4. The van der Waals surface area contributed by atoms with Gasteiger partial charge in [-0.25, -0.2) is 0 Å². The first-order valence-corrected chi connectivity index (χ1v) is 8.26. The molecule has 4 N–H and O–H groups in total. The summed E-state index contributed by atoms with van der Waals surface area (Å²) in [7, 11) is 0. The first-order valence-electron chi connectivity index (χ1n) is 8.26. The summed E-state index contributed by atoms with van der Waals surface area (Å²) in [5.74, 6) is -0.552. The van der Waals surface area contributed by atoms with E-state index in [0.717, 1.165) is 16.7 Å². The number of aromatic nitrogens is 1. The van der Waals surface area contributed by atoms with Crippen molar-refractivity contribution < 1.29 is 9.59 Å². The van der Waals surface area contributed by atoms with E-state index in [0.29, 0.717) is 12.2 Å². The van der Waals surface area contributed by atoms with Crippen LogP contribution in [0.25, 0.3) is 11.1 Å². The number of anilines is 1. The highest BCUT2D eigenvalue weighted by molar-refractivity contribution is 5.89. The number of nitrogens with one attached hydrogen (secondary N) is 2. The first kappa shape index (κ1) is 17.0. The molecular formula is C19H22N4O2. The van der Waals surface area contributed by atoms with E-state index >= 15 is 0 Å². The molecule has 0 spiro atoms. The van der Waals surface area contributed by atoms with Gasteiger partial charge in [0.2, 0.25) is 11.8 Å². The molecule has 1 unspecified atom stereocenters. The highest BCUT2D eigenvalue weighted by Gasteiger charge is 2.32. The van der Waals surface area contributed by atoms with Crippen molar-refractivity contribution in [3.05, 3.63) is 48.3 Å². The van der Waals surface area contributed by atoms with E-state index in [9.17, 15) is 9.59 Å². The summed E-state index contributed by atoms with van der Waals surface area (Å²) in [5, 5.41) is 5.70. The van der Waals surface area contributed by atoms with Crippen LogP contribution >= 0.6 is 0 Å². The van der Waals surface area contributed by atoms with Crippen molar-refractivity contribution in [1.82, 2.24) is 15.6 Å². The van der Waals surface area contributed by atoms with Crippen molar-refractivity contribution in [1.29, 1.82) is 0 Å². The van der Waals surface area contributed by atoms with E-state index in [2.05, 4.69) is 15.6 Å². The van der Waals surface area contributed by atoms with Gasteiger partial charge in [0, 0.05) is 31.0 Å². The lowest BCUT2D eigenvalue weighted by atomic mass is 9.90. The fourth-order valence-electron chi connectivity index (χ4n) is 3.12. The number of pyridine rings is 1. The first-order chi connectivity index (χ1) is 11.9. The van der Waals surface area contributed by atoms with E-state index in [1.54, 1.807) is 12.4 Å². The maximum absolute atomic E-state index is 12.4. The maximum atomic E-state index is 12.4. The number of nitrogens with zero attached hydrogens (tertiary/aromatic N) is 1. The second-order valence-electron chi connectivity index (χ2n) is 6.86. The smallest absolute Gasteiger partial charge is 0.226 e. The Kier molecular flexibility index (Phi) is 4.44. The molecule has 1 atom stereocenters. The van der Waals surface area contributed by atoms with Crippen LogP contribution in [0.5, 0.6) is 0 Å². The molecule has 1 saturated heterocycles. The summed E-state index contributed by atoms with van der Waals surface area (Å²) in [4.78, 5) is 27.8. The Hall–Kier alpha value is -2.89. The Bertz CT molecular complexity index is 802. The Labute approximate surface area is 146 Å². The van der Waals surface area contributed by atoms with Crippen LogP contribution in [0.1, 0.15) is 25.8 Å². The molecule has 1 aliphatic rings. The van der Waals surface area contributed by atoms with Gasteiger partial charge in [0.05, 0.1) is 11.5 Å². The summed E-state index contributed by atoms with van der Waals surface area (Å²) >= 11 is 0. The molecule has 0 aliphatic carbocycles. The van der Waals surface area contributed by atoms with Crippen molar-refractivity contribution in [3.8, 4) is 11.1 Å². The monoisotopic (exact) mass is 338 g/mol. The largest absolute Gasteiger partial charge is 0.398 e. The molecule has 130 valence electrons. The number of amides is 2. The molecule has 0 bridgehead atoms. The summed E-state index contributed by atoms with van der Waals surface area (Å²) in [6.07, 6.45) is 3.71. The minimum absolute atomic E-state index is 0.0841. The lowest BCUT2D eigenvalue weighted by Gasteiger charge is -2.29. The van der Waals surface area contributed by atoms with E-state index in [1.165, 1.54) is 0 Å². The molecule has 6 nitrogen and oxygen atoms in total. The van der Waals surface area contributed by atoms with E-state index < -0.39 is 5.54 Å². The van der Waals surface area contributed by atoms with Gasteiger partial charge in [0.25, 0.3) is 0 Å². The quantitative estimate of drug-likeness (QED) is 0.741. The van der Waals surface area contributed by atoms with Crippen LogP contribution in [0.15, 0.2) is 42.7 Å². The number of rotatable bonds is 4. The number of nitrogens with two attached hydrogens (primary N) is 1. The summed E-state index contributed by atoms with van der Waals surface area (Å²) < 4.78 is 0. The van der Waals surface area contributed by atoms with Gasteiger partial charge in [-0.2, -0.15) is 0 Å². The van der Waals surface area contributed by atoms with E-state index in [1.807, 2.05) is 44.2 Å². The van der Waals surface area contributed by atoms with Crippen molar-refractivity contribution in [3.63, 3.8) is 0 Å². The fourth-order valence-corrected chi connectivity index (χ4v) is 3.12. The molecule has 2 amide bonds. The van der Waals surface area contributed by atoms with Crippen LogP contribution < -0.4 is 16.4 Å². The van der Waals surface area contributed by atoms with Crippen LogP contribution in [0, 0.1) is 5.92 Å². The minimum Gasteiger partial charge on any atom is -0.398 e. The zero-order valence-corrected chi connectivity index (χ0v) is 14.4. The Morgan fingerprint density at radius 3 is 2.56 bits per heavy atom. The highest BCUT2D eigenvalue weighted by Crippen LogP contribution is 2.30. The van der Waals surface area contributed by atoms with Gasteiger partial charge >= 0.3 is 0 Å². The molecule has 25 heavy (non-hydrogen) atoms. The molecule has 1 aromatic carbocycles. The third-order valence-corrected chi connectivity index (χ3v) is 4.52. The van der Waals surface area contributed by atoms with Gasteiger partial charge in [0.1, 0.15) is 0 Å². The molecule has 0 radical (unpaired) electrons. The van der Waals surface area contributed by atoms with E-state index in [-0.39, 0.29) is 24.2 Å². The van der Waals surface area contributed by atoms with Crippen LogP contribution in [0.4, 0.5) is 5.69 Å². The number of benzene rings is 1. The second kappa shape index (κ2) is 6.55. The molecule has 2 aromatic rings. The van der Waals surface area contributed by atoms with Crippen LogP contribution in [-0.2, 0) is 15.1 Å². The third-order valence-electron chi connectivity index (χ3n) is 4.52. The highest BCUT2D eigenvalue weighted by atomic mass is 16.2. The molecular weight excluding hydrogens is 316 g/mol. The van der Waals surface area contributed by atoms with Gasteiger partial charge in [-0.15, -0.1) is 0 Å². The summed E-state index contributed by atoms with van der Waals surface area (Å²) in [5.41, 5.74) is 9.11. The van der Waals surface area contributed by atoms with Gasteiger partial charge in [-0.05, 0) is 48.7 Å². The Morgan fingerprint density at radius 2 is 1.96 bits per heavy atom. The van der Waals surface area contributed by atoms with Gasteiger partial charge in [-0.1, -0.05) is 12.1 Å². The molecule has 0 saturated carbocycles. The van der Waals surface area contributed by atoms with E-state index in [4.69, 9.17) is 5.73 Å². The molecule has 2 heterocycles. The molecule has 1 fully saturated rings. The number of carbonyl (C=O) groups excluding carboxylic acids is 2. The standard InChI is InChI=1S/C19H22N4O2/c1-19(2,23-18(25)14-10-17(24)22-11-14)15-4-3-13(9-16(15)20)12-5-7-21-8-6-12/h3-9,14H,10-11,20H2,1-2H3,(H,22,24)(H,23,25). The van der Waals surface area contributed by atoms with Gasteiger partial charge < -0.3 is 16.4 Å². The van der Waals surface area contributed by atoms with Crippen molar-refractivity contribution in [2.24, 2.45) is 5.92 Å². The Morgan fingerprint density at radius 1 is 1.24 bits per heavy atom. The molecule has 1 aliphatic heterocycles. The minimum atomic E-state index is -0.635. The molecule has 6 heteroatoms. The lowest BCUT2D eigenvalue weighted by Crippen LogP contribution is -2.44. The summed E-state index contributed by atoms with van der Waals surface area (Å²) in [6, 6.07) is 9.66. The van der Waals surface area contributed by atoms with Gasteiger partial charge in [-0.3, -0.25) is 14.6 Å². The topological polar surface area (TPSA) is 97.1 Å². The van der Waals surface area contributed by atoms with Gasteiger partial charge in [0.15, 0.2) is 0 Å². The van der Waals surface area contributed by atoms with Crippen molar-refractivity contribution in [2.75, 3.05) is 12.3 Å². The fraction of sp³-hybridized carbons (Fsp3) is 0.316. The SMILES string of the molecule is CC(C)(NC(=O)C1CNC(=O)C1)c1ccc(-c2ccncc2)cc1N. The zero-order valence-electron chi connectivity index (χ0n) is 14.4. The van der Waals surface area contributed by atoms with Crippen LogP contribution in [0.3, 0.4) is 0 Å². The zero-order chi connectivity index (χ0) is 18.0. The molecule has 1 aromatic heterocycles. The average molecular weight is 338 g/mol.